The fourth-order valence-electron chi connectivity index (χ4n) is 4.26. The van der Waals surface area contributed by atoms with E-state index in [1.165, 1.54) is 44.9 Å². The number of aliphatic carboxylic acids is 1. The summed E-state index contributed by atoms with van der Waals surface area (Å²) in [5.41, 5.74) is -0.549. The minimum atomic E-state index is -0.559. The summed E-state index contributed by atoms with van der Waals surface area (Å²) in [7, 11) is 0. The Hall–Kier alpha value is -0.570. The van der Waals surface area contributed by atoms with Crippen LogP contribution in [-0.2, 0) is 4.79 Å². The van der Waals surface area contributed by atoms with E-state index in [2.05, 4.69) is 11.8 Å². The topological polar surface area (TPSA) is 40.5 Å². The van der Waals surface area contributed by atoms with Gasteiger partial charge in [0.15, 0.2) is 0 Å². The molecule has 0 spiro atoms. The van der Waals surface area contributed by atoms with Crippen molar-refractivity contribution in [3.05, 3.63) is 0 Å². The lowest BCUT2D eigenvalue weighted by atomic mass is 9.87. The lowest BCUT2D eigenvalue weighted by Crippen LogP contribution is -2.54. The Balaban J connectivity index is 2.10. The molecule has 3 heteroatoms. The van der Waals surface area contributed by atoms with E-state index in [-0.39, 0.29) is 0 Å². The van der Waals surface area contributed by atoms with Crippen molar-refractivity contribution in [2.45, 2.75) is 83.1 Å². The summed E-state index contributed by atoms with van der Waals surface area (Å²) >= 11 is 0. The molecule has 3 nitrogen and oxygen atoms in total. The molecule has 0 amide bonds. The van der Waals surface area contributed by atoms with E-state index in [0.29, 0.717) is 0 Å². The fraction of sp³-hybridized carbons (Fsp3) is 0.941. The molecule has 0 aromatic carbocycles. The molecule has 1 saturated heterocycles. The summed E-state index contributed by atoms with van der Waals surface area (Å²) < 4.78 is 0. The second-order valence-electron chi connectivity index (χ2n) is 6.82. The van der Waals surface area contributed by atoms with Crippen LogP contribution in [0, 0.1) is 5.92 Å². The van der Waals surface area contributed by atoms with Gasteiger partial charge in [0, 0.05) is 0 Å². The normalized spacial score (nSPS) is 33.4. The predicted octanol–water partition coefficient (Wildman–Crippen LogP) is 4.07. The van der Waals surface area contributed by atoms with Crippen molar-refractivity contribution in [2.75, 3.05) is 13.1 Å². The second-order valence-corrected chi connectivity index (χ2v) is 6.82. The second kappa shape index (κ2) is 7.44. The summed E-state index contributed by atoms with van der Waals surface area (Å²) in [6.07, 6.45) is 12.6. The van der Waals surface area contributed by atoms with Crippen LogP contribution in [0.5, 0.6) is 0 Å². The molecule has 0 aromatic heterocycles. The highest BCUT2D eigenvalue weighted by molar-refractivity contribution is 5.78. The lowest BCUT2D eigenvalue weighted by molar-refractivity contribution is -0.153. The van der Waals surface area contributed by atoms with Gasteiger partial charge < -0.3 is 5.11 Å². The SMILES string of the molecule is CCCC1CCCC(C(=O)O)(N2CCCCCC2)CC1. The van der Waals surface area contributed by atoms with Gasteiger partial charge in [-0.15, -0.1) is 0 Å². The van der Waals surface area contributed by atoms with Gasteiger partial charge in [-0.1, -0.05) is 45.4 Å². The third kappa shape index (κ3) is 3.55. The van der Waals surface area contributed by atoms with Gasteiger partial charge in [0.2, 0.25) is 0 Å². The zero-order chi connectivity index (χ0) is 14.4. The molecule has 1 saturated carbocycles. The van der Waals surface area contributed by atoms with Gasteiger partial charge in [0.25, 0.3) is 0 Å². The van der Waals surface area contributed by atoms with Crippen molar-refractivity contribution in [2.24, 2.45) is 5.92 Å². The molecule has 2 aliphatic rings. The number of nitrogens with zero attached hydrogens (tertiary/aromatic N) is 1. The van der Waals surface area contributed by atoms with Gasteiger partial charge in [-0.3, -0.25) is 9.69 Å². The molecule has 1 aliphatic heterocycles. The molecule has 0 aromatic rings. The molecular weight excluding hydrogens is 250 g/mol. The molecule has 1 aliphatic carbocycles. The number of hydrogen-bond donors (Lipinski definition) is 1. The van der Waals surface area contributed by atoms with Gasteiger partial charge in [0.1, 0.15) is 5.54 Å². The maximum atomic E-state index is 12.1. The summed E-state index contributed by atoms with van der Waals surface area (Å²) in [5, 5.41) is 9.93. The maximum Gasteiger partial charge on any atom is 0.324 e. The van der Waals surface area contributed by atoms with E-state index >= 15 is 0 Å². The van der Waals surface area contributed by atoms with Crippen molar-refractivity contribution in [3.8, 4) is 0 Å². The Morgan fingerprint density at radius 2 is 1.80 bits per heavy atom. The molecule has 2 unspecified atom stereocenters. The van der Waals surface area contributed by atoms with E-state index in [0.717, 1.165) is 44.7 Å². The van der Waals surface area contributed by atoms with Crippen molar-refractivity contribution in [1.29, 1.82) is 0 Å². The van der Waals surface area contributed by atoms with Crippen molar-refractivity contribution < 1.29 is 9.90 Å². The lowest BCUT2D eigenvalue weighted by Gasteiger charge is -2.40. The predicted molar refractivity (Wildman–Crippen MR) is 81.9 cm³/mol. The van der Waals surface area contributed by atoms with Crippen LogP contribution in [0.3, 0.4) is 0 Å². The molecule has 2 atom stereocenters. The average molecular weight is 281 g/mol. The van der Waals surface area contributed by atoms with Crippen LogP contribution in [0.15, 0.2) is 0 Å². The number of rotatable bonds is 4. The molecule has 0 radical (unpaired) electrons. The minimum absolute atomic E-state index is 0.549. The first-order chi connectivity index (χ1) is 9.69. The van der Waals surface area contributed by atoms with Crippen LogP contribution in [0.1, 0.15) is 77.6 Å². The van der Waals surface area contributed by atoms with Crippen molar-refractivity contribution in [3.63, 3.8) is 0 Å². The quantitative estimate of drug-likeness (QED) is 0.790. The molecule has 2 rings (SSSR count). The Kier molecular flexibility index (Phi) is 5.88. The maximum absolute atomic E-state index is 12.1. The smallest absolute Gasteiger partial charge is 0.324 e. The molecular formula is C17H31NO2. The summed E-state index contributed by atoms with van der Waals surface area (Å²) in [5.74, 6) is 0.199. The van der Waals surface area contributed by atoms with E-state index in [1.807, 2.05) is 0 Å². The molecule has 2 fully saturated rings. The van der Waals surface area contributed by atoms with Crippen LogP contribution in [0.4, 0.5) is 0 Å². The van der Waals surface area contributed by atoms with Gasteiger partial charge >= 0.3 is 5.97 Å². The largest absolute Gasteiger partial charge is 0.480 e. The minimum Gasteiger partial charge on any atom is -0.480 e. The van der Waals surface area contributed by atoms with Crippen LogP contribution < -0.4 is 0 Å². The molecule has 1 N–H and O–H groups in total. The first-order valence-electron chi connectivity index (χ1n) is 8.67. The molecule has 20 heavy (non-hydrogen) atoms. The van der Waals surface area contributed by atoms with Crippen LogP contribution >= 0.6 is 0 Å². The highest BCUT2D eigenvalue weighted by Crippen LogP contribution is 2.37. The van der Waals surface area contributed by atoms with E-state index in [9.17, 15) is 9.90 Å². The Bertz CT molecular complexity index is 310. The zero-order valence-electron chi connectivity index (χ0n) is 13.1. The summed E-state index contributed by atoms with van der Waals surface area (Å²) in [4.78, 5) is 14.4. The summed E-state index contributed by atoms with van der Waals surface area (Å²) in [6.45, 7) is 4.22. The molecule has 116 valence electrons. The van der Waals surface area contributed by atoms with Crippen LogP contribution in [0.25, 0.3) is 0 Å². The fourth-order valence-corrected chi connectivity index (χ4v) is 4.26. The van der Waals surface area contributed by atoms with Crippen molar-refractivity contribution in [1.82, 2.24) is 4.90 Å². The van der Waals surface area contributed by atoms with Crippen molar-refractivity contribution >= 4 is 5.97 Å². The van der Waals surface area contributed by atoms with Gasteiger partial charge in [-0.05, 0) is 51.1 Å². The first kappa shape index (κ1) is 15.8. The van der Waals surface area contributed by atoms with Gasteiger partial charge in [-0.2, -0.15) is 0 Å². The third-order valence-corrected chi connectivity index (χ3v) is 5.48. The van der Waals surface area contributed by atoms with E-state index < -0.39 is 11.5 Å². The zero-order valence-corrected chi connectivity index (χ0v) is 13.1. The van der Waals surface area contributed by atoms with Crippen LogP contribution in [-0.4, -0.2) is 34.6 Å². The number of carboxylic acids is 1. The first-order valence-corrected chi connectivity index (χ1v) is 8.67. The standard InChI is InChI=1S/C17H31NO2/c1-2-8-15-9-7-11-17(12-10-15,16(19)20)18-13-5-3-4-6-14-18/h15H,2-14H2,1H3,(H,19,20). The Morgan fingerprint density at radius 1 is 1.10 bits per heavy atom. The highest BCUT2D eigenvalue weighted by atomic mass is 16.4. The molecule has 0 bridgehead atoms. The Labute approximate surface area is 123 Å². The summed E-state index contributed by atoms with van der Waals surface area (Å²) in [6, 6.07) is 0. The molecule has 1 heterocycles. The average Bonchev–Trinajstić information content (AvgIpc) is 2.80. The van der Waals surface area contributed by atoms with E-state index in [4.69, 9.17) is 0 Å². The third-order valence-electron chi connectivity index (χ3n) is 5.48. The van der Waals surface area contributed by atoms with Gasteiger partial charge in [-0.25, -0.2) is 0 Å². The number of carbonyl (C=O) groups is 1. The van der Waals surface area contributed by atoms with E-state index in [1.54, 1.807) is 0 Å². The van der Waals surface area contributed by atoms with Gasteiger partial charge in [0.05, 0.1) is 0 Å². The number of carboxylic acid groups (broad SMARTS) is 1. The number of hydrogen-bond acceptors (Lipinski definition) is 2. The number of likely N-dealkylation sites (tertiary alicyclic amines) is 1. The monoisotopic (exact) mass is 281 g/mol. The highest BCUT2D eigenvalue weighted by Gasteiger charge is 2.44. The van der Waals surface area contributed by atoms with Crippen LogP contribution in [0.2, 0.25) is 0 Å². The Morgan fingerprint density at radius 3 is 2.40 bits per heavy atom.